The van der Waals surface area contributed by atoms with Crippen LogP contribution >= 0.6 is 11.3 Å². The summed E-state index contributed by atoms with van der Waals surface area (Å²) in [6.07, 6.45) is 0.963. The van der Waals surface area contributed by atoms with Gasteiger partial charge in [0.05, 0.1) is 15.9 Å². The number of carbonyl (C=O) groups excluding carboxylic acids is 1. The number of anilines is 1. The largest absolute Gasteiger partial charge is 0.309 e. The second-order valence-electron chi connectivity index (χ2n) is 5.82. The first-order valence-corrected chi connectivity index (χ1v) is 8.23. The molecule has 1 saturated carbocycles. The Bertz CT molecular complexity index is 906. The van der Waals surface area contributed by atoms with Crippen LogP contribution in [0.25, 0.3) is 21.3 Å². The summed E-state index contributed by atoms with van der Waals surface area (Å²) in [4.78, 5) is 17.0. The molecule has 0 radical (unpaired) electrons. The highest BCUT2D eigenvalue weighted by Crippen LogP contribution is 2.42. The van der Waals surface area contributed by atoms with E-state index in [1.54, 1.807) is 17.8 Å². The second kappa shape index (κ2) is 5.55. The van der Waals surface area contributed by atoms with Gasteiger partial charge in [0, 0.05) is 30.3 Å². The maximum absolute atomic E-state index is 12.9. The maximum atomic E-state index is 12.9. The highest BCUT2D eigenvalue weighted by molar-refractivity contribution is 7.13. The Labute approximate surface area is 139 Å². The summed E-state index contributed by atoms with van der Waals surface area (Å²) < 4.78 is 25.7. The number of carbonyl (C=O) groups is 1. The smallest absolute Gasteiger partial charge is 0.249 e. The van der Waals surface area contributed by atoms with Crippen LogP contribution in [0.5, 0.6) is 0 Å². The first-order valence-electron chi connectivity index (χ1n) is 7.35. The van der Waals surface area contributed by atoms with E-state index < -0.39 is 30.6 Å². The molecular weight excluding hydrogens is 334 g/mol. The number of benzene rings is 1. The molecular formula is C16H12F2N4OS. The van der Waals surface area contributed by atoms with Crippen molar-refractivity contribution in [2.75, 3.05) is 5.32 Å². The number of amides is 1. The first-order chi connectivity index (χ1) is 11.5. The fraction of sp³-hybridized carbons (Fsp3) is 0.250. The molecule has 24 heavy (non-hydrogen) atoms. The molecule has 0 saturated heterocycles. The monoisotopic (exact) mass is 346 g/mol. The summed E-state index contributed by atoms with van der Waals surface area (Å²) in [7, 11) is 0. The number of fused-ring (bicyclic) bond motifs is 1. The number of nitrogens with zero attached hydrogens (tertiary/aromatic N) is 3. The maximum Gasteiger partial charge on any atom is 0.249 e. The molecule has 1 amide bonds. The van der Waals surface area contributed by atoms with Gasteiger partial charge in [0.15, 0.2) is 5.82 Å². The molecule has 0 unspecified atom stereocenters. The van der Waals surface area contributed by atoms with Gasteiger partial charge in [-0.1, -0.05) is 6.07 Å². The third-order valence-electron chi connectivity index (χ3n) is 4.01. The molecule has 1 aromatic carbocycles. The summed E-state index contributed by atoms with van der Waals surface area (Å²) in [5.41, 5.74) is 3.44. The van der Waals surface area contributed by atoms with Gasteiger partial charge in [0.1, 0.15) is 0 Å². The number of hydrogen-bond acceptors (Lipinski definition) is 5. The molecule has 122 valence electrons. The SMILES string of the molecule is O=C(Nc1cc2cc(-c3cncs3)ccc2nn1)C1CC(F)(F)C1. The minimum Gasteiger partial charge on any atom is -0.309 e. The third kappa shape index (κ3) is 2.84. The van der Waals surface area contributed by atoms with E-state index in [1.807, 2.05) is 18.2 Å². The van der Waals surface area contributed by atoms with Crippen LogP contribution in [0.2, 0.25) is 0 Å². The van der Waals surface area contributed by atoms with E-state index in [9.17, 15) is 13.6 Å². The lowest BCUT2D eigenvalue weighted by atomic mass is 9.81. The van der Waals surface area contributed by atoms with Gasteiger partial charge in [-0.05, 0) is 23.8 Å². The van der Waals surface area contributed by atoms with E-state index in [2.05, 4.69) is 20.5 Å². The van der Waals surface area contributed by atoms with Gasteiger partial charge in [0.25, 0.3) is 0 Å². The first kappa shape index (κ1) is 15.1. The molecule has 8 heteroatoms. The molecule has 3 aromatic rings. The lowest BCUT2D eigenvalue weighted by Gasteiger charge is -2.33. The van der Waals surface area contributed by atoms with Gasteiger partial charge >= 0.3 is 0 Å². The van der Waals surface area contributed by atoms with Gasteiger partial charge in [-0.25, -0.2) is 8.78 Å². The Morgan fingerprint density at radius 1 is 1.25 bits per heavy atom. The standard InChI is InChI=1S/C16H12F2N4OS/c17-16(18)5-11(6-16)15(23)20-14-4-10-3-9(13-7-19-8-24-13)1-2-12(10)21-22-14/h1-4,7-8,11H,5-6H2,(H,20,22,23). The van der Waals surface area contributed by atoms with E-state index in [0.717, 1.165) is 15.8 Å². The predicted octanol–water partition coefficient (Wildman–Crippen LogP) is 3.74. The van der Waals surface area contributed by atoms with Crippen LogP contribution in [-0.2, 0) is 4.79 Å². The zero-order chi connectivity index (χ0) is 16.7. The van der Waals surface area contributed by atoms with Crippen molar-refractivity contribution < 1.29 is 13.6 Å². The van der Waals surface area contributed by atoms with Crippen LogP contribution in [0.4, 0.5) is 14.6 Å². The Kier molecular flexibility index (Phi) is 3.49. The van der Waals surface area contributed by atoms with Crippen LogP contribution < -0.4 is 5.32 Å². The van der Waals surface area contributed by atoms with Crippen molar-refractivity contribution in [2.24, 2.45) is 5.92 Å². The number of nitrogens with one attached hydrogen (secondary N) is 1. The van der Waals surface area contributed by atoms with Crippen molar-refractivity contribution in [1.29, 1.82) is 0 Å². The summed E-state index contributed by atoms with van der Waals surface area (Å²) in [6, 6.07) is 7.40. The molecule has 0 aliphatic heterocycles. The number of alkyl halides is 2. The molecule has 1 aliphatic carbocycles. The van der Waals surface area contributed by atoms with E-state index in [-0.39, 0.29) is 5.82 Å². The summed E-state index contributed by atoms with van der Waals surface area (Å²) in [5.74, 6) is -3.56. The van der Waals surface area contributed by atoms with E-state index >= 15 is 0 Å². The van der Waals surface area contributed by atoms with Gasteiger partial charge in [-0.15, -0.1) is 21.5 Å². The molecule has 1 aliphatic rings. The Balaban J connectivity index is 1.57. The quantitative estimate of drug-likeness (QED) is 0.784. The number of halogens is 2. The molecule has 1 fully saturated rings. The predicted molar refractivity (Wildman–Crippen MR) is 86.9 cm³/mol. The fourth-order valence-electron chi connectivity index (χ4n) is 2.69. The zero-order valence-corrected chi connectivity index (χ0v) is 13.2. The van der Waals surface area contributed by atoms with Crippen molar-refractivity contribution in [1.82, 2.24) is 15.2 Å². The van der Waals surface area contributed by atoms with Gasteiger partial charge < -0.3 is 5.32 Å². The van der Waals surface area contributed by atoms with E-state index in [1.165, 1.54) is 11.3 Å². The lowest BCUT2D eigenvalue weighted by Crippen LogP contribution is -2.42. The van der Waals surface area contributed by atoms with Crippen molar-refractivity contribution in [3.8, 4) is 10.4 Å². The normalized spacial score (nSPS) is 16.8. The zero-order valence-electron chi connectivity index (χ0n) is 12.4. The number of rotatable bonds is 3. The van der Waals surface area contributed by atoms with Crippen molar-refractivity contribution in [3.63, 3.8) is 0 Å². The fourth-order valence-corrected chi connectivity index (χ4v) is 3.31. The Hall–Kier alpha value is -2.48. The molecule has 0 atom stereocenters. The summed E-state index contributed by atoms with van der Waals surface area (Å²) in [5, 5.41) is 11.4. The molecule has 2 heterocycles. The van der Waals surface area contributed by atoms with Gasteiger partial charge in [-0.2, -0.15) is 0 Å². The molecule has 1 N–H and O–H groups in total. The third-order valence-corrected chi connectivity index (χ3v) is 4.84. The topological polar surface area (TPSA) is 67.8 Å². The molecule has 4 rings (SSSR count). The van der Waals surface area contributed by atoms with Gasteiger partial charge in [-0.3, -0.25) is 9.78 Å². The van der Waals surface area contributed by atoms with Crippen LogP contribution in [0, 0.1) is 5.92 Å². The average Bonchev–Trinajstić information content (AvgIpc) is 3.06. The number of aromatic nitrogens is 3. The van der Waals surface area contributed by atoms with Crippen LogP contribution in [0.1, 0.15) is 12.8 Å². The molecule has 5 nitrogen and oxygen atoms in total. The average molecular weight is 346 g/mol. The summed E-state index contributed by atoms with van der Waals surface area (Å²) in [6.45, 7) is 0. The van der Waals surface area contributed by atoms with Crippen LogP contribution in [-0.4, -0.2) is 27.0 Å². The highest BCUT2D eigenvalue weighted by atomic mass is 32.1. The Morgan fingerprint density at radius 2 is 2.08 bits per heavy atom. The minimum atomic E-state index is -2.72. The highest BCUT2D eigenvalue weighted by Gasteiger charge is 2.48. The minimum absolute atomic E-state index is 0.268. The Morgan fingerprint density at radius 3 is 2.79 bits per heavy atom. The second-order valence-corrected chi connectivity index (χ2v) is 6.71. The molecule has 0 bridgehead atoms. The lowest BCUT2D eigenvalue weighted by molar-refractivity contribution is -0.145. The number of thiazole rings is 1. The molecule has 0 spiro atoms. The van der Waals surface area contributed by atoms with Crippen LogP contribution in [0.3, 0.4) is 0 Å². The number of hydrogen-bond donors (Lipinski definition) is 1. The van der Waals surface area contributed by atoms with Crippen molar-refractivity contribution in [2.45, 2.75) is 18.8 Å². The molecule has 2 aromatic heterocycles. The van der Waals surface area contributed by atoms with Gasteiger partial charge in [0.2, 0.25) is 11.8 Å². The van der Waals surface area contributed by atoms with Crippen molar-refractivity contribution in [3.05, 3.63) is 36.0 Å². The van der Waals surface area contributed by atoms with Crippen molar-refractivity contribution >= 4 is 34.0 Å². The van der Waals surface area contributed by atoms with E-state index in [4.69, 9.17) is 0 Å². The van der Waals surface area contributed by atoms with E-state index in [0.29, 0.717) is 5.52 Å². The van der Waals surface area contributed by atoms with Crippen LogP contribution in [0.15, 0.2) is 36.0 Å². The summed E-state index contributed by atoms with van der Waals surface area (Å²) >= 11 is 1.53.